The van der Waals surface area contributed by atoms with E-state index < -0.39 is 11.9 Å². The number of nitrogens with zero attached hydrogens (tertiary/aromatic N) is 3. The SMILES string of the molecule is O=C1CO[C@H]2CCN(C(=O)N3CC4(CC(Cc5nc(C(F)(F)F)co5)C4)C3)C[C@H]2N1. The number of hydrogen-bond donors (Lipinski definition) is 1. The molecule has 0 bridgehead atoms. The van der Waals surface area contributed by atoms with Gasteiger partial charge >= 0.3 is 12.2 Å². The van der Waals surface area contributed by atoms with Gasteiger partial charge in [0.25, 0.3) is 0 Å². The Morgan fingerprint density at radius 1 is 1.30 bits per heavy atom. The Labute approximate surface area is 170 Å². The molecule has 1 spiro atoms. The minimum Gasteiger partial charge on any atom is -0.448 e. The van der Waals surface area contributed by atoms with Gasteiger partial charge in [-0.15, -0.1) is 0 Å². The third-order valence-corrected chi connectivity index (χ3v) is 6.67. The highest BCUT2D eigenvalue weighted by Gasteiger charge is 2.54. The predicted molar refractivity (Wildman–Crippen MR) is 95.2 cm³/mol. The maximum Gasteiger partial charge on any atom is 0.436 e. The number of morpholine rings is 1. The van der Waals surface area contributed by atoms with Crippen molar-refractivity contribution in [1.29, 1.82) is 0 Å². The van der Waals surface area contributed by atoms with Crippen LogP contribution in [0.5, 0.6) is 0 Å². The van der Waals surface area contributed by atoms with Gasteiger partial charge in [0.1, 0.15) is 12.9 Å². The molecule has 1 saturated carbocycles. The van der Waals surface area contributed by atoms with Crippen molar-refractivity contribution in [1.82, 2.24) is 20.1 Å². The van der Waals surface area contributed by atoms with Gasteiger partial charge in [-0.1, -0.05) is 0 Å². The zero-order valence-corrected chi connectivity index (χ0v) is 16.3. The van der Waals surface area contributed by atoms with Crippen LogP contribution in [-0.2, 0) is 22.1 Å². The molecule has 1 aromatic rings. The van der Waals surface area contributed by atoms with Crippen LogP contribution in [0.25, 0.3) is 0 Å². The second-order valence-corrected chi connectivity index (χ2v) is 9.00. The number of urea groups is 1. The lowest BCUT2D eigenvalue weighted by Crippen LogP contribution is -2.68. The lowest BCUT2D eigenvalue weighted by atomic mass is 9.57. The highest BCUT2D eigenvalue weighted by atomic mass is 19.4. The molecule has 1 aromatic heterocycles. The van der Waals surface area contributed by atoms with Crippen molar-refractivity contribution in [2.75, 3.05) is 32.8 Å². The number of piperidine rings is 1. The van der Waals surface area contributed by atoms with Crippen molar-refractivity contribution in [3.63, 3.8) is 0 Å². The Hall–Kier alpha value is -2.30. The van der Waals surface area contributed by atoms with Crippen LogP contribution in [0.4, 0.5) is 18.0 Å². The Balaban J connectivity index is 1.08. The number of rotatable bonds is 2. The van der Waals surface area contributed by atoms with E-state index in [2.05, 4.69) is 10.3 Å². The zero-order valence-electron chi connectivity index (χ0n) is 16.3. The molecule has 2 atom stereocenters. The van der Waals surface area contributed by atoms with Crippen LogP contribution in [0, 0.1) is 11.3 Å². The summed E-state index contributed by atoms with van der Waals surface area (Å²) < 4.78 is 48.3. The number of fused-ring (bicyclic) bond motifs is 1. The van der Waals surface area contributed by atoms with Gasteiger partial charge in [0.2, 0.25) is 5.91 Å². The number of aromatic nitrogens is 1. The molecule has 4 aliphatic rings. The maximum absolute atomic E-state index is 12.8. The first kappa shape index (κ1) is 19.7. The number of carbonyl (C=O) groups is 2. The van der Waals surface area contributed by atoms with Gasteiger partial charge < -0.3 is 24.3 Å². The second kappa shape index (κ2) is 6.86. The fourth-order valence-corrected chi connectivity index (χ4v) is 5.32. The smallest absolute Gasteiger partial charge is 0.436 e. The summed E-state index contributed by atoms with van der Waals surface area (Å²) in [4.78, 5) is 31.4. The number of hydrogen-bond acceptors (Lipinski definition) is 5. The van der Waals surface area contributed by atoms with Crippen LogP contribution in [-0.4, -0.2) is 71.7 Å². The number of nitrogens with one attached hydrogen (secondary N) is 1. The third-order valence-electron chi connectivity index (χ3n) is 6.67. The summed E-state index contributed by atoms with van der Waals surface area (Å²) >= 11 is 0. The van der Waals surface area contributed by atoms with Crippen LogP contribution in [0.1, 0.15) is 30.8 Å². The molecule has 11 heteroatoms. The third kappa shape index (κ3) is 3.52. The summed E-state index contributed by atoms with van der Waals surface area (Å²) in [7, 11) is 0. The number of ether oxygens (including phenoxy) is 1. The molecule has 30 heavy (non-hydrogen) atoms. The van der Waals surface area contributed by atoms with Gasteiger partial charge in [0.15, 0.2) is 11.6 Å². The van der Waals surface area contributed by atoms with E-state index in [1.165, 1.54) is 0 Å². The van der Waals surface area contributed by atoms with Crippen LogP contribution in [0.3, 0.4) is 0 Å². The number of amides is 3. The normalized spacial score (nSPS) is 28.6. The Bertz CT molecular complexity index is 843. The van der Waals surface area contributed by atoms with Crippen molar-refractivity contribution in [2.24, 2.45) is 11.3 Å². The highest BCUT2D eigenvalue weighted by Crippen LogP contribution is 2.53. The monoisotopic (exact) mass is 428 g/mol. The molecule has 0 aromatic carbocycles. The molecule has 8 nitrogen and oxygen atoms in total. The fraction of sp³-hybridized carbons (Fsp3) is 0.737. The lowest BCUT2D eigenvalue weighted by Gasteiger charge is -2.59. The summed E-state index contributed by atoms with van der Waals surface area (Å²) in [5, 5.41) is 2.90. The molecular weight excluding hydrogens is 405 g/mol. The summed E-state index contributed by atoms with van der Waals surface area (Å²) in [6, 6.07) is -0.181. The van der Waals surface area contributed by atoms with E-state index in [0.29, 0.717) is 45.3 Å². The zero-order chi connectivity index (χ0) is 21.1. The van der Waals surface area contributed by atoms with E-state index in [1.54, 1.807) is 4.90 Å². The molecule has 4 heterocycles. The van der Waals surface area contributed by atoms with Crippen LogP contribution in [0.2, 0.25) is 0 Å². The second-order valence-electron chi connectivity index (χ2n) is 9.00. The van der Waals surface area contributed by atoms with Crippen molar-refractivity contribution >= 4 is 11.9 Å². The molecule has 0 unspecified atom stereocenters. The maximum atomic E-state index is 12.8. The van der Waals surface area contributed by atoms with Crippen molar-refractivity contribution in [3.05, 3.63) is 17.8 Å². The fourth-order valence-electron chi connectivity index (χ4n) is 5.32. The Morgan fingerprint density at radius 3 is 2.77 bits per heavy atom. The molecular formula is C19H23F3N4O4. The van der Waals surface area contributed by atoms with Gasteiger partial charge in [-0.3, -0.25) is 4.79 Å². The average molecular weight is 428 g/mol. The van der Waals surface area contributed by atoms with Gasteiger partial charge in [-0.05, 0) is 25.2 Å². The lowest BCUT2D eigenvalue weighted by molar-refractivity contribution is -0.141. The molecule has 5 rings (SSSR count). The molecule has 1 aliphatic carbocycles. The number of halogens is 3. The molecule has 3 aliphatic heterocycles. The minimum atomic E-state index is -4.49. The largest absolute Gasteiger partial charge is 0.448 e. The van der Waals surface area contributed by atoms with E-state index in [0.717, 1.165) is 12.8 Å². The molecule has 4 fully saturated rings. The van der Waals surface area contributed by atoms with Crippen molar-refractivity contribution in [2.45, 2.75) is 44.0 Å². The summed E-state index contributed by atoms with van der Waals surface area (Å²) in [6.07, 6.45) is -1.05. The number of oxazole rings is 1. The minimum absolute atomic E-state index is 0.0233. The Morgan fingerprint density at radius 2 is 2.07 bits per heavy atom. The van der Waals surface area contributed by atoms with E-state index in [-0.39, 0.29) is 47.9 Å². The van der Waals surface area contributed by atoms with Gasteiger partial charge in [0.05, 0.1) is 12.1 Å². The van der Waals surface area contributed by atoms with Gasteiger partial charge in [-0.2, -0.15) is 13.2 Å². The van der Waals surface area contributed by atoms with Crippen molar-refractivity contribution < 1.29 is 31.9 Å². The summed E-state index contributed by atoms with van der Waals surface area (Å²) in [5.74, 6) is 0.198. The number of carbonyl (C=O) groups excluding carboxylic acids is 2. The number of likely N-dealkylation sites (tertiary alicyclic amines) is 2. The van der Waals surface area contributed by atoms with Crippen molar-refractivity contribution in [3.8, 4) is 0 Å². The van der Waals surface area contributed by atoms with Crippen LogP contribution < -0.4 is 5.32 Å². The quantitative estimate of drug-likeness (QED) is 0.774. The van der Waals surface area contributed by atoms with E-state index in [9.17, 15) is 22.8 Å². The van der Waals surface area contributed by atoms with Crippen LogP contribution >= 0.6 is 0 Å². The first-order valence-electron chi connectivity index (χ1n) is 10.2. The molecule has 0 radical (unpaired) electrons. The van der Waals surface area contributed by atoms with Gasteiger partial charge in [0, 0.05) is 38.0 Å². The summed E-state index contributed by atoms with van der Waals surface area (Å²) in [6.45, 7) is 2.46. The first-order valence-corrected chi connectivity index (χ1v) is 10.2. The molecule has 3 saturated heterocycles. The highest BCUT2D eigenvalue weighted by molar-refractivity contribution is 5.79. The van der Waals surface area contributed by atoms with Crippen LogP contribution in [0.15, 0.2) is 10.7 Å². The molecule has 164 valence electrons. The number of alkyl halides is 3. The summed E-state index contributed by atoms with van der Waals surface area (Å²) in [5.41, 5.74) is -0.921. The molecule has 3 amide bonds. The van der Waals surface area contributed by atoms with E-state index in [1.807, 2.05) is 4.90 Å². The van der Waals surface area contributed by atoms with E-state index >= 15 is 0 Å². The van der Waals surface area contributed by atoms with Gasteiger partial charge in [-0.25, -0.2) is 9.78 Å². The Kier molecular flexibility index (Phi) is 4.49. The molecule has 1 N–H and O–H groups in total. The van der Waals surface area contributed by atoms with E-state index in [4.69, 9.17) is 9.15 Å². The first-order chi connectivity index (χ1) is 14.2. The average Bonchev–Trinajstić information content (AvgIpc) is 3.10. The standard InChI is InChI=1S/C19H23F3N4O4/c20-19(21,22)14-7-30-16(24-14)3-11-4-18(5-11)9-26(10-18)17(28)25-2-1-13-12(6-25)23-15(27)8-29-13/h7,11-13H,1-6,8-10H2,(H,23,27)/t12-,13+/m1/s1. The predicted octanol–water partition coefficient (Wildman–Crippen LogP) is 1.66. The topological polar surface area (TPSA) is 87.9 Å².